The van der Waals surface area contributed by atoms with E-state index in [1.54, 1.807) is 7.05 Å². The third-order valence-corrected chi connectivity index (χ3v) is 3.76. The Kier molecular flexibility index (Phi) is 4.75. The molecule has 110 valence electrons. The van der Waals surface area contributed by atoms with Crippen LogP contribution in [0.2, 0.25) is 0 Å². The first kappa shape index (κ1) is 15.0. The molecule has 1 saturated heterocycles. The quantitative estimate of drug-likeness (QED) is 0.849. The monoisotopic (exact) mass is 278 g/mol. The maximum absolute atomic E-state index is 12.3. The number of hydrogen-bond acceptors (Lipinski definition) is 4. The van der Waals surface area contributed by atoms with Crippen molar-refractivity contribution >= 4 is 5.91 Å². The third kappa shape index (κ3) is 3.56. The van der Waals surface area contributed by atoms with Crippen molar-refractivity contribution in [3.05, 3.63) is 35.9 Å². The van der Waals surface area contributed by atoms with Crippen LogP contribution in [-0.4, -0.2) is 48.3 Å². The van der Waals surface area contributed by atoms with Crippen LogP contribution < -0.4 is 5.73 Å². The van der Waals surface area contributed by atoms with Gasteiger partial charge in [-0.05, 0) is 5.56 Å². The van der Waals surface area contributed by atoms with E-state index < -0.39 is 11.6 Å². The van der Waals surface area contributed by atoms with Crippen molar-refractivity contribution in [1.82, 2.24) is 4.90 Å². The molecule has 0 saturated carbocycles. The molecule has 1 heterocycles. The number of amides is 1. The Balaban J connectivity index is 1.98. The topological polar surface area (TPSA) is 75.8 Å². The van der Waals surface area contributed by atoms with E-state index in [1.165, 1.54) is 4.90 Å². The van der Waals surface area contributed by atoms with E-state index in [4.69, 9.17) is 10.5 Å². The van der Waals surface area contributed by atoms with Crippen molar-refractivity contribution in [2.45, 2.75) is 24.5 Å². The van der Waals surface area contributed by atoms with Gasteiger partial charge in [0.25, 0.3) is 0 Å². The zero-order chi connectivity index (χ0) is 14.6. The predicted octanol–water partition coefficient (Wildman–Crippen LogP) is 0.686. The van der Waals surface area contributed by atoms with Gasteiger partial charge in [0, 0.05) is 39.6 Å². The molecule has 0 bridgehead atoms. The molecule has 1 amide bonds. The van der Waals surface area contributed by atoms with Gasteiger partial charge in [0.05, 0.1) is 5.60 Å². The molecule has 1 aromatic carbocycles. The van der Waals surface area contributed by atoms with Gasteiger partial charge in [-0.1, -0.05) is 30.3 Å². The maximum Gasteiger partial charge on any atom is 0.243 e. The molecule has 0 radical (unpaired) electrons. The molecular weight excluding hydrogens is 256 g/mol. The minimum atomic E-state index is -0.862. The summed E-state index contributed by atoms with van der Waals surface area (Å²) in [5, 5.41) is 10.4. The number of hydrogen-bond donors (Lipinski definition) is 2. The number of ether oxygens (including phenoxy) is 1. The fraction of sp³-hybridized carbons (Fsp3) is 0.533. The van der Waals surface area contributed by atoms with Crippen LogP contribution in [0.5, 0.6) is 0 Å². The zero-order valence-electron chi connectivity index (χ0n) is 11.8. The highest BCUT2D eigenvalue weighted by molar-refractivity contribution is 5.82. The number of nitrogens with zero attached hydrogens (tertiary/aromatic N) is 1. The van der Waals surface area contributed by atoms with E-state index in [-0.39, 0.29) is 12.5 Å². The summed E-state index contributed by atoms with van der Waals surface area (Å²) in [5.41, 5.74) is 5.91. The second-order valence-electron chi connectivity index (χ2n) is 5.42. The SMILES string of the molecule is CN(CC1(O)CCOCC1)C(=O)[C@@H](N)c1ccccc1. The average molecular weight is 278 g/mol. The van der Waals surface area contributed by atoms with Crippen molar-refractivity contribution in [3.8, 4) is 0 Å². The highest BCUT2D eigenvalue weighted by Crippen LogP contribution is 2.22. The number of rotatable bonds is 4. The summed E-state index contributed by atoms with van der Waals surface area (Å²) in [6, 6.07) is 8.57. The van der Waals surface area contributed by atoms with E-state index in [9.17, 15) is 9.90 Å². The van der Waals surface area contributed by atoms with Crippen LogP contribution in [0.15, 0.2) is 30.3 Å². The van der Waals surface area contributed by atoms with Crippen LogP contribution in [0.1, 0.15) is 24.4 Å². The maximum atomic E-state index is 12.3. The second kappa shape index (κ2) is 6.35. The molecule has 5 nitrogen and oxygen atoms in total. The van der Waals surface area contributed by atoms with Gasteiger partial charge in [-0.15, -0.1) is 0 Å². The standard InChI is InChI=1S/C15H22N2O3/c1-17(11-15(19)7-9-20-10-8-15)14(18)13(16)12-5-3-2-4-6-12/h2-6,13,19H,7-11,16H2,1H3/t13-/m0/s1. The molecule has 1 atom stereocenters. The first-order valence-electron chi connectivity index (χ1n) is 6.87. The Morgan fingerprint density at radius 1 is 1.40 bits per heavy atom. The summed E-state index contributed by atoms with van der Waals surface area (Å²) in [7, 11) is 1.68. The molecular formula is C15H22N2O3. The van der Waals surface area contributed by atoms with Crippen LogP contribution in [-0.2, 0) is 9.53 Å². The lowest BCUT2D eigenvalue weighted by Crippen LogP contribution is -2.49. The molecule has 1 aromatic rings. The van der Waals surface area contributed by atoms with Gasteiger partial charge in [0.1, 0.15) is 6.04 Å². The summed E-state index contributed by atoms with van der Waals surface area (Å²) < 4.78 is 5.24. The van der Waals surface area contributed by atoms with Gasteiger partial charge in [0.2, 0.25) is 5.91 Å². The van der Waals surface area contributed by atoms with Gasteiger partial charge in [-0.2, -0.15) is 0 Å². The van der Waals surface area contributed by atoms with E-state index >= 15 is 0 Å². The van der Waals surface area contributed by atoms with Crippen molar-refractivity contribution in [2.75, 3.05) is 26.8 Å². The number of nitrogens with two attached hydrogens (primary N) is 1. The zero-order valence-corrected chi connectivity index (χ0v) is 11.8. The van der Waals surface area contributed by atoms with Crippen LogP contribution in [0, 0.1) is 0 Å². The number of carbonyl (C=O) groups excluding carboxylic acids is 1. The highest BCUT2D eigenvalue weighted by Gasteiger charge is 2.33. The van der Waals surface area contributed by atoms with Gasteiger partial charge in [-0.3, -0.25) is 4.79 Å². The molecule has 5 heteroatoms. The largest absolute Gasteiger partial charge is 0.388 e. The predicted molar refractivity (Wildman–Crippen MR) is 76.0 cm³/mol. The molecule has 1 aliphatic rings. The lowest BCUT2D eigenvalue weighted by Gasteiger charge is -2.36. The fourth-order valence-corrected chi connectivity index (χ4v) is 2.47. The normalized spacial score (nSPS) is 19.4. The molecule has 1 fully saturated rings. The van der Waals surface area contributed by atoms with Crippen LogP contribution in [0.25, 0.3) is 0 Å². The molecule has 0 spiro atoms. The van der Waals surface area contributed by atoms with Gasteiger partial charge in [0.15, 0.2) is 0 Å². The second-order valence-corrected chi connectivity index (χ2v) is 5.42. The minimum absolute atomic E-state index is 0.184. The molecule has 3 N–H and O–H groups in total. The molecule has 2 rings (SSSR count). The van der Waals surface area contributed by atoms with Crippen molar-refractivity contribution in [3.63, 3.8) is 0 Å². The van der Waals surface area contributed by atoms with Crippen LogP contribution >= 0.6 is 0 Å². The van der Waals surface area contributed by atoms with Crippen molar-refractivity contribution in [1.29, 1.82) is 0 Å². The van der Waals surface area contributed by atoms with E-state index in [0.29, 0.717) is 26.1 Å². The van der Waals surface area contributed by atoms with E-state index in [1.807, 2.05) is 30.3 Å². The Labute approximate surface area is 119 Å². The first-order chi connectivity index (χ1) is 9.52. The summed E-state index contributed by atoms with van der Waals surface area (Å²) in [6.07, 6.45) is 1.09. The Hall–Kier alpha value is -1.43. The van der Waals surface area contributed by atoms with Gasteiger partial charge in [-0.25, -0.2) is 0 Å². The minimum Gasteiger partial charge on any atom is -0.388 e. The highest BCUT2D eigenvalue weighted by atomic mass is 16.5. The number of aliphatic hydroxyl groups is 1. The lowest BCUT2D eigenvalue weighted by molar-refractivity contribution is -0.138. The Morgan fingerprint density at radius 2 is 2.00 bits per heavy atom. The molecule has 0 aromatic heterocycles. The third-order valence-electron chi connectivity index (χ3n) is 3.76. The molecule has 1 aliphatic heterocycles. The molecule has 20 heavy (non-hydrogen) atoms. The number of benzene rings is 1. The van der Waals surface area contributed by atoms with Crippen LogP contribution in [0.3, 0.4) is 0 Å². The Bertz CT molecular complexity index is 444. The Morgan fingerprint density at radius 3 is 2.60 bits per heavy atom. The van der Waals surface area contributed by atoms with Crippen molar-refractivity contribution < 1.29 is 14.6 Å². The number of likely N-dealkylation sites (N-methyl/N-ethyl adjacent to an activating group) is 1. The molecule has 0 aliphatic carbocycles. The van der Waals surface area contributed by atoms with Crippen LogP contribution in [0.4, 0.5) is 0 Å². The van der Waals surface area contributed by atoms with Crippen molar-refractivity contribution in [2.24, 2.45) is 5.73 Å². The van der Waals surface area contributed by atoms with Gasteiger partial charge < -0.3 is 20.5 Å². The molecule has 0 unspecified atom stereocenters. The van der Waals surface area contributed by atoms with E-state index in [0.717, 1.165) is 5.56 Å². The summed E-state index contributed by atoms with van der Waals surface area (Å²) in [5.74, 6) is -0.184. The average Bonchev–Trinajstić information content (AvgIpc) is 2.47. The smallest absolute Gasteiger partial charge is 0.243 e. The number of carbonyl (C=O) groups is 1. The lowest BCUT2D eigenvalue weighted by atomic mass is 9.93. The summed E-state index contributed by atoms with van der Waals surface area (Å²) in [6.45, 7) is 1.35. The summed E-state index contributed by atoms with van der Waals surface area (Å²) in [4.78, 5) is 13.8. The van der Waals surface area contributed by atoms with E-state index in [2.05, 4.69) is 0 Å². The first-order valence-corrected chi connectivity index (χ1v) is 6.87. The fourth-order valence-electron chi connectivity index (χ4n) is 2.47. The van der Waals surface area contributed by atoms with Gasteiger partial charge >= 0.3 is 0 Å². The summed E-state index contributed by atoms with van der Waals surface area (Å²) >= 11 is 0.